The fraction of sp³-hybridized carbons (Fsp3) is 0.562. The van der Waals surface area contributed by atoms with Gasteiger partial charge in [-0.2, -0.15) is 0 Å². The molecule has 0 saturated heterocycles. The van der Waals surface area contributed by atoms with Gasteiger partial charge in [-0.25, -0.2) is 0 Å². The van der Waals surface area contributed by atoms with Crippen molar-refractivity contribution < 1.29 is 4.79 Å². The number of halogens is 1. The van der Waals surface area contributed by atoms with E-state index in [0.717, 1.165) is 51.1 Å². The molecule has 0 N–H and O–H groups in total. The lowest BCUT2D eigenvalue weighted by molar-refractivity contribution is 0.112. The van der Waals surface area contributed by atoms with Crippen LogP contribution in [0.25, 0.3) is 0 Å². The molecular weight excluding hydrogens is 272 g/mol. The smallest absolute Gasteiger partial charge is 0.153 e. The number of hydrogen-bond acceptors (Lipinski definition) is 3. The Kier molecular flexibility index (Phi) is 7.63. The van der Waals surface area contributed by atoms with Gasteiger partial charge in [0.25, 0.3) is 0 Å². The van der Waals surface area contributed by atoms with Gasteiger partial charge < -0.3 is 9.80 Å². The van der Waals surface area contributed by atoms with E-state index in [2.05, 4.69) is 30.6 Å². The maximum Gasteiger partial charge on any atom is 0.153 e. The highest BCUT2D eigenvalue weighted by molar-refractivity contribution is 6.33. The summed E-state index contributed by atoms with van der Waals surface area (Å²) in [4.78, 5) is 15.9. The summed E-state index contributed by atoms with van der Waals surface area (Å²) >= 11 is 6.09. The fourth-order valence-corrected chi connectivity index (χ4v) is 2.61. The predicted octanol–water partition coefficient (Wildman–Crippen LogP) is 3.71. The van der Waals surface area contributed by atoms with Crippen LogP contribution in [0, 0.1) is 0 Å². The molecule has 0 aliphatic carbocycles. The Morgan fingerprint density at radius 2 is 1.80 bits per heavy atom. The molecule has 0 saturated carbocycles. The van der Waals surface area contributed by atoms with Crippen LogP contribution in [0.2, 0.25) is 5.02 Å². The molecular formula is C16H25ClN2O. The largest absolute Gasteiger partial charge is 0.371 e. The molecule has 1 aromatic carbocycles. The number of hydrogen-bond donors (Lipinski definition) is 0. The minimum Gasteiger partial charge on any atom is -0.371 e. The first-order chi connectivity index (χ1) is 9.67. The first-order valence-electron chi connectivity index (χ1n) is 7.38. The zero-order valence-corrected chi connectivity index (χ0v) is 13.5. The Hall–Kier alpha value is -1.06. The third kappa shape index (κ3) is 4.50. The van der Waals surface area contributed by atoms with Crippen molar-refractivity contribution in [1.29, 1.82) is 0 Å². The highest BCUT2D eigenvalue weighted by atomic mass is 35.5. The summed E-state index contributed by atoms with van der Waals surface area (Å²) in [6, 6.07) is 5.63. The summed E-state index contributed by atoms with van der Waals surface area (Å²) in [5.74, 6) is 0. The molecule has 1 rings (SSSR count). The molecule has 3 nitrogen and oxygen atoms in total. The number of nitrogens with zero attached hydrogens (tertiary/aromatic N) is 2. The molecule has 0 unspecified atom stereocenters. The quantitative estimate of drug-likeness (QED) is 0.649. The molecule has 112 valence electrons. The van der Waals surface area contributed by atoms with Crippen molar-refractivity contribution in [3.05, 3.63) is 28.8 Å². The molecule has 0 atom stereocenters. The van der Waals surface area contributed by atoms with Gasteiger partial charge in [-0.1, -0.05) is 31.5 Å². The van der Waals surface area contributed by atoms with Crippen molar-refractivity contribution in [2.75, 3.05) is 37.6 Å². The molecule has 0 spiro atoms. The van der Waals surface area contributed by atoms with Crippen molar-refractivity contribution >= 4 is 23.6 Å². The van der Waals surface area contributed by atoms with Gasteiger partial charge in [0.1, 0.15) is 0 Å². The summed E-state index contributed by atoms with van der Waals surface area (Å²) in [7, 11) is 0. The number of rotatable bonds is 9. The summed E-state index contributed by atoms with van der Waals surface area (Å²) in [5, 5.41) is 0.527. The van der Waals surface area contributed by atoms with Gasteiger partial charge in [-0.3, -0.25) is 4.79 Å². The second kappa shape index (κ2) is 8.98. The third-order valence-corrected chi connectivity index (χ3v) is 4.00. The number of anilines is 1. The number of aldehydes is 1. The molecule has 0 aliphatic heterocycles. The SMILES string of the molecule is CCN(CC)CCCN(CC)c1cccc(Cl)c1C=O. The van der Waals surface area contributed by atoms with Crippen molar-refractivity contribution in [1.82, 2.24) is 4.90 Å². The van der Waals surface area contributed by atoms with Crippen LogP contribution in [-0.2, 0) is 0 Å². The normalized spacial score (nSPS) is 10.8. The zero-order valence-electron chi connectivity index (χ0n) is 12.7. The van der Waals surface area contributed by atoms with Crippen LogP contribution in [0.1, 0.15) is 37.6 Å². The third-order valence-electron chi connectivity index (χ3n) is 3.67. The van der Waals surface area contributed by atoms with E-state index in [1.54, 1.807) is 6.07 Å². The first kappa shape index (κ1) is 17.0. The van der Waals surface area contributed by atoms with Crippen molar-refractivity contribution in [3.8, 4) is 0 Å². The second-order valence-electron chi connectivity index (χ2n) is 4.75. The zero-order chi connectivity index (χ0) is 15.0. The molecule has 0 radical (unpaired) electrons. The van der Waals surface area contributed by atoms with E-state index in [9.17, 15) is 4.79 Å². The van der Waals surface area contributed by atoms with Gasteiger partial charge in [-0.05, 0) is 45.1 Å². The molecule has 1 aromatic rings. The van der Waals surface area contributed by atoms with Crippen molar-refractivity contribution in [2.45, 2.75) is 27.2 Å². The van der Waals surface area contributed by atoms with Gasteiger partial charge in [0, 0.05) is 18.8 Å². The number of carbonyl (C=O) groups is 1. The van der Waals surface area contributed by atoms with Crippen LogP contribution in [0.4, 0.5) is 5.69 Å². The van der Waals surface area contributed by atoms with Crippen molar-refractivity contribution in [3.63, 3.8) is 0 Å². The van der Waals surface area contributed by atoms with E-state index in [1.165, 1.54) is 0 Å². The lowest BCUT2D eigenvalue weighted by Gasteiger charge is -2.26. The van der Waals surface area contributed by atoms with E-state index in [1.807, 2.05) is 12.1 Å². The predicted molar refractivity (Wildman–Crippen MR) is 87.1 cm³/mol. The average Bonchev–Trinajstić information content (AvgIpc) is 2.47. The Labute approximate surface area is 127 Å². The van der Waals surface area contributed by atoms with Crippen molar-refractivity contribution in [2.24, 2.45) is 0 Å². The highest BCUT2D eigenvalue weighted by Crippen LogP contribution is 2.26. The van der Waals surface area contributed by atoms with Gasteiger partial charge in [0.15, 0.2) is 6.29 Å². The highest BCUT2D eigenvalue weighted by Gasteiger charge is 2.12. The Bertz CT molecular complexity index is 419. The Balaban J connectivity index is 2.71. The fourth-order valence-electron chi connectivity index (χ4n) is 2.39. The topological polar surface area (TPSA) is 23.6 Å². The van der Waals surface area contributed by atoms with Gasteiger partial charge in [-0.15, -0.1) is 0 Å². The molecule has 0 fully saturated rings. The molecule has 4 heteroatoms. The number of benzene rings is 1. The summed E-state index contributed by atoms with van der Waals surface area (Å²) in [6.07, 6.45) is 1.94. The van der Waals surface area contributed by atoms with Crippen LogP contribution >= 0.6 is 11.6 Å². The minimum absolute atomic E-state index is 0.527. The summed E-state index contributed by atoms with van der Waals surface area (Å²) in [6.45, 7) is 11.5. The molecule has 0 aliphatic rings. The maximum atomic E-state index is 11.2. The summed E-state index contributed by atoms with van der Waals surface area (Å²) < 4.78 is 0. The van der Waals surface area contributed by atoms with Gasteiger partial charge >= 0.3 is 0 Å². The standard InChI is InChI=1S/C16H25ClN2O/c1-4-18(5-2)11-8-12-19(6-3)16-10-7-9-15(17)14(16)13-20/h7,9-10,13H,4-6,8,11-12H2,1-3H3. The van der Waals surface area contributed by atoms with Crippen LogP contribution in [0.15, 0.2) is 18.2 Å². The van der Waals surface area contributed by atoms with E-state index >= 15 is 0 Å². The van der Waals surface area contributed by atoms with E-state index in [0.29, 0.717) is 10.6 Å². The molecule has 20 heavy (non-hydrogen) atoms. The van der Waals surface area contributed by atoms with Crippen LogP contribution in [-0.4, -0.2) is 43.9 Å². The van der Waals surface area contributed by atoms with Gasteiger partial charge in [0.05, 0.1) is 10.6 Å². The van der Waals surface area contributed by atoms with E-state index in [4.69, 9.17) is 11.6 Å². The monoisotopic (exact) mass is 296 g/mol. The molecule has 0 heterocycles. The van der Waals surface area contributed by atoms with Crippen LogP contribution in [0.3, 0.4) is 0 Å². The lowest BCUT2D eigenvalue weighted by atomic mass is 10.1. The maximum absolute atomic E-state index is 11.2. The Morgan fingerprint density at radius 3 is 2.35 bits per heavy atom. The second-order valence-corrected chi connectivity index (χ2v) is 5.16. The van der Waals surface area contributed by atoms with E-state index in [-0.39, 0.29) is 0 Å². The summed E-state index contributed by atoms with van der Waals surface area (Å²) in [5.41, 5.74) is 1.54. The first-order valence-corrected chi connectivity index (χ1v) is 7.76. The molecule has 0 aromatic heterocycles. The van der Waals surface area contributed by atoms with Gasteiger partial charge in [0.2, 0.25) is 0 Å². The molecule has 0 bridgehead atoms. The van der Waals surface area contributed by atoms with Crippen LogP contribution < -0.4 is 4.90 Å². The van der Waals surface area contributed by atoms with Crippen LogP contribution in [0.5, 0.6) is 0 Å². The number of carbonyl (C=O) groups excluding carboxylic acids is 1. The Morgan fingerprint density at radius 1 is 1.10 bits per heavy atom. The minimum atomic E-state index is 0.527. The molecule has 0 amide bonds. The van der Waals surface area contributed by atoms with E-state index < -0.39 is 0 Å². The average molecular weight is 297 g/mol. The lowest BCUT2D eigenvalue weighted by Crippen LogP contribution is -2.30.